The number of rotatable bonds is 18. The van der Waals surface area contributed by atoms with Gasteiger partial charge in [0.2, 0.25) is 5.91 Å². The molecule has 0 spiro atoms. The maximum absolute atomic E-state index is 12.8. The number of unbranched alkanes of at least 4 members (excludes halogenated alkanes) is 11. The molecule has 1 heterocycles. The molecule has 0 aliphatic carbocycles. The lowest BCUT2D eigenvalue weighted by Crippen LogP contribution is -2.25. The van der Waals surface area contributed by atoms with Crippen molar-refractivity contribution in [2.24, 2.45) is 5.92 Å². The van der Waals surface area contributed by atoms with Gasteiger partial charge in [0.05, 0.1) is 12.3 Å². The van der Waals surface area contributed by atoms with E-state index >= 15 is 0 Å². The number of carboxylic acids is 1. The highest BCUT2D eigenvalue weighted by Gasteiger charge is 2.21. The van der Waals surface area contributed by atoms with Crippen LogP contribution in [0, 0.1) is 5.92 Å². The number of aliphatic carboxylic acids is 1. The van der Waals surface area contributed by atoms with Gasteiger partial charge in [0.25, 0.3) is 0 Å². The van der Waals surface area contributed by atoms with E-state index in [0.29, 0.717) is 12.1 Å². The number of nitrogens with zero attached hydrogens (tertiary/aromatic N) is 1. The van der Waals surface area contributed by atoms with E-state index in [1.807, 2.05) is 30.3 Å². The molecule has 1 atom stereocenters. The van der Waals surface area contributed by atoms with E-state index in [0.717, 1.165) is 23.6 Å². The molecule has 5 heteroatoms. The molecule has 2 rings (SSSR count). The number of nitrogens with one attached hydrogen (secondary N) is 1. The van der Waals surface area contributed by atoms with Crippen molar-refractivity contribution in [1.29, 1.82) is 0 Å². The van der Waals surface area contributed by atoms with Gasteiger partial charge >= 0.3 is 5.97 Å². The first-order chi connectivity index (χ1) is 16.6. The highest BCUT2D eigenvalue weighted by molar-refractivity contribution is 6.03. The minimum atomic E-state index is -0.957. The van der Waals surface area contributed by atoms with Gasteiger partial charge in [-0.3, -0.25) is 14.6 Å². The molecule has 2 aromatic rings. The van der Waals surface area contributed by atoms with E-state index in [1.165, 1.54) is 64.2 Å². The molecule has 1 aromatic carbocycles. The van der Waals surface area contributed by atoms with Crippen molar-refractivity contribution in [3.05, 3.63) is 48.8 Å². The predicted octanol–water partition coefficient (Wildman–Crippen LogP) is 7.91. The summed E-state index contributed by atoms with van der Waals surface area (Å²) in [6, 6.07) is 7.48. The number of pyridine rings is 1. The lowest BCUT2D eigenvalue weighted by atomic mass is 9.99. The lowest BCUT2D eigenvalue weighted by molar-refractivity contribution is -0.140. The summed E-state index contributed by atoms with van der Waals surface area (Å²) < 4.78 is 0. The van der Waals surface area contributed by atoms with Crippen molar-refractivity contribution in [3.63, 3.8) is 0 Å². The van der Waals surface area contributed by atoms with Gasteiger partial charge in [-0.2, -0.15) is 0 Å². The van der Waals surface area contributed by atoms with E-state index in [9.17, 15) is 14.7 Å². The van der Waals surface area contributed by atoms with E-state index in [2.05, 4.69) is 23.3 Å². The maximum Gasteiger partial charge on any atom is 0.304 e. The number of hydrogen-bond acceptors (Lipinski definition) is 3. The zero-order valence-corrected chi connectivity index (χ0v) is 20.8. The fourth-order valence-electron chi connectivity index (χ4n) is 4.26. The number of carboxylic acid groups (broad SMARTS) is 1. The van der Waals surface area contributed by atoms with Gasteiger partial charge in [-0.05, 0) is 31.4 Å². The zero-order valence-electron chi connectivity index (χ0n) is 20.8. The van der Waals surface area contributed by atoms with Crippen molar-refractivity contribution >= 4 is 28.3 Å². The normalized spacial score (nSPS) is 12.3. The van der Waals surface area contributed by atoms with E-state index in [-0.39, 0.29) is 12.3 Å². The van der Waals surface area contributed by atoms with E-state index in [4.69, 9.17) is 0 Å². The third kappa shape index (κ3) is 11.0. The highest BCUT2D eigenvalue weighted by atomic mass is 16.4. The molecule has 5 nitrogen and oxygen atoms in total. The topological polar surface area (TPSA) is 79.3 Å². The molecular formula is C29H42N2O3. The van der Waals surface area contributed by atoms with E-state index in [1.54, 1.807) is 12.4 Å². The second kappa shape index (κ2) is 16.9. The van der Waals surface area contributed by atoms with Crippen molar-refractivity contribution in [2.75, 3.05) is 5.32 Å². The second-order valence-corrected chi connectivity index (χ2v) is 9.22. The number of anilines is 1. The average molecular weight is 467 g/mol. The molecule has 0 saturated carbocycles. The molecule has 0 unspecified atom stereocenters. The summed E-state index contributed by atoms with van der Waals surface area (Å²) in [5, 5.41) is 14.0. The Hall–Kier alpha value is -2.69. The Bertz CT molecular complexity index is 889. The fraction of sp³-hybridized carbons (Fsp3) is 0.552. The number of aromatic nitrogens is 1. The van der Waals surface area contributed by atoms with Crippen molar-refractivity contribution in [2.45, 2.75) is 96.8 Å². The molecule has 0 fully saturated rings. The molecule has 0 aliphatic heterocycles. The van der Waals surface area contributed by atoms with Gasteiger partial charge in [-0.1, -0.05) is 95.4 Å². The second-order valence-electron chi connectivity index (χ2n) is 9.22. The minimum Gasteiger partial charge on any atom is -0.481 e. The Morgan fingerprint density at radius 3 is 2.29 bits per heavy atom. The van der Waals surface area contributed by atoms with Crippen LogP contribution in [0.5, 0.6) is 0 Å². The minimum absolute atomic E-state index is 0.180. The van der Waals surface area contributed by atoms with Gasteiger partial charge < -0.3 is 10.4 Å². The van der Waals surface area contributed by atoms with Gasteiger partial charge in [0.15, 0.2) is 0 Å². The number of fused-ring (bicyclic) bond motifs is 1. The summed E-state index contributed by atoms with van der Waals surface area (Å²) in [5.74, 6) is -1.81. The summed E-state index contributed by atoms with van der Waals surface area (Å²) in [6.45, 7) is 2.26. The molecule has 34 heavy (non-hydrogen) atoms. The third-order valence-electron chi connectivity index (χ3n) is 6.29. The van der Waals surface area contributed by atoms with Crippen LogP contribution < -0.4 is 5.32 Å². The number of amides is 1. The van der Waals surface area contributed by atoms with Crippen LogP contribution in [0.3, 0.4) is 0 Å². The highest BCUT2D eigenvalue weighted by Crippen LogP contribution is 2.24. The third-order valence-corrected chi connectivity index (χ3v) is 6.29. The van der Waals surface area contributed by atoms with Gasteiger partial charge in [-0.15, -0.1) is 0 Å². The molecule has 1 aromatic heterocycles. The predicted molar refractivity (Wildman–Crippen MR) is 141 cm³/mol. The Kier molecular flexibility index (Phi) is 13.7. The smallest absolute Gasteiger partial charge is 0.304 e. The first kappa shape index (κ1) is 27.6. The monoisotopic (exact) mass is 466 g/mol. The summed E-state index contributed by atoms with van der Waals surface area (Å²) in [6.07, 6.45) is 23.3. The lowest BCUT2D eigenvalue weighted by Gasteiger charge is -2.14. The summed E-state index contributed by atoms with van der Waals surface area (Å²) >= 11 is 0. The SMILES string of the molecule is CCCCCCCCCCCCC/C=C/C[C@H](CC(=O)O)C(=O)Nc1cccc2cnccc12. The molecule has 0 aliphatic rings. The number of benzene rings is 1. The van der Waals surface area contributed by atoms with E-state index < -0.39 is 11.9 Å². The van der Waals surface area contributed by atoms with Gasteiger partial charge in [-0.25, -0.2) is 0 Å². The molecule has 2 N–H and O–H groups in total. The summed E-state index contributed by atoms with van der Waals surface area (Å²) in [5.41, 5.74) is 0.685. The van der Waals surface area contributed by atoms with Gasteiger partial charge in [0.1, 0.15) is 0 Å². The van der Waals surface area contributed by atoms with Crippen molar-refractivity contribution in [1.82, 2.24) is 4.98 Å². The summed E-state index contributed by atoms with van der Waals surface area (Å²) in [4.78, 5) is 28.3. The Morgan fingerprint density at radius 1 is 0.941 bits per heavy atom. The largest absolute Gasteiger partial charge is 0.481 e. The molecule has 0 bridgehead atoms. The Labute approximate surface area is 205 Å². The van der Waals surface area contributed by atoms with Gasteiger partial charge in [0, 0.05) is 28.9 Å². The van der Waals surface area contributed by atoms with Crippen molar-refractivity contribution < 1.29 is 14.7 Å². The van der Waals surface area contributed by atoms with Crippen LogP contribution in [-0.4, -0.2) is 22.0 Å². The quantitative estimate of drug-likeness (QED) is 0.173. The van der Waals surface area contributed by atoms with Crippen LogP contribution in [0.1, 0.15) is 96.8 Å². The molecule has 186 valence electrons. The van der Waals surface area contributed by atoms with Crippen LogP contribution in [0.15, 0.2) is 48.8 Å². The fourth-order valence-corrected chi connectivity index (χ4v) is 4.26. The Morgan fingerprint density at radius 2 is 1.62 bits per heavy atom. The number of carbonyl (C=O) groups is 2. The number of hydrogen-bond donors (Lipinski definition) is 2. The van der Waals surface area contributed by atoms with Crippen LogP contribution in [-0.2, 0) is 9.59 Å². The summed E-state index contributed by atoms with van der Waals surface area (Å²) in [7, 11) is 0. The maximum atomic E-state index is 12.8. The average Bonchev–Trinajstić information content (AvgIpc) is 2.83. The Balaban J connectivity index is 1.67. The molecule has 0 saturated heterocycles. The van der Waals surface area contributed by atoms with Crippen LogP contribution in [0.25, 0.3) is 10.8 Å². The standard InChI is InChI=1S/C29H42N2O3/c1-2-3-4-5-6-7-8-9-10-11-12-13-14-15-17-24(22-28(32)33)29(34)31-27-19-16-18-25-23-30-21-20-26(25)27/h14-16,18-21,23-24H,2-13,17,22H2,1H3,(H,31,34)(H,32,33)/b15-14+/t24-/m1/s1. The van der Waals surface area contributed by atoms with Crippen LogP contribution in [0.2, 0.25) is 0 Å². The zero-order chi connectivity index (χ0) is 24.4. The molecule has 1 amide bonds. The number of carbonyl (C=O) groups excluding carboxylic acids is 1. The first-order valence-corrected chi connectivity index (χ1v) is 13.1. The van der Waals surface area contributed by atoms with Crippen LogP contribution >= 0.6 is 0 Å². The number of allylic oxidation sites excluding steroid dienone is 2. The molecular weight excluding hydrogens is 424 g/mol. The van der Waals surface area contributed by atoms with Crippen LogP contribution in [0.4, 0.5) is 5.69 Å². The first-order valence-electron chi connectivity index (χ1n) is 13.1. The molecule has 0 radical (unpaired) electrons. The van der Waals surface area contributed by atoms with Crippen molar-refractivity contribution in [3.8, 4) is 0 Å².